The third kappa shape index (κ3) is 5.46. The van der Waals surface area contributed by atoms with E-state index in [-0.39, 0.29) is 17.5 Å². The third-order valence-electron chi connectivity index (χ3n) is 5.53. The summed E-state index contributed by atoms with van der Waals surface area (Å²) in [5.74, 6) is 0.544. The van der Waals surface area contributed by atoms with Crippen molar-refractivity contribution in [3.63, 3.8) is 0 Å². The van der Waals surface area contributed by atoms with Crippen molar-refractivity contribution in [2.24, 2.45) is 0 Å². The lowest BCUT2D eigenvalue weighted by Crippen LogP contribution is -2.35. The van der Waals surface area contributed by atoms with Crippen LogP contribution in [0.25, 0.3) is 0 Å². The van der Waals surface area contributed by atoms with Gasteiger partial charge in [0.1, 0.15) is 22.5 Å². The molecule has 0 spiro atoms. The normalized spacial score (nSPS) is 14.6. The zero-order valence-electron chi connectivity index (χ0n) is 18.9. The van der Waals surface area contributed by atoms with Gasteiger partial charge in [-0.15, -0.1) is 0 Å². The molecule has 176 valence electrons. The first-order valence-corrected chi connectivity index (χ1v) is 11.3. The number of aryl methyl sites for hydroxylation is 1. The molecule has 1 atom stereocenters. The molecular weight excluding hydrogens is 456 g/mol. The second-order valence-corrected chi connectivity index (χ2v) is 8.67. The van der Waals surface area contributed by atoms with Crippen LogP contribution in [0.5, 0.6) is 5.75 Å². The highest BCUT2D eigenvalue weighted by atomic mass is 35.5. The molecule has 1 aliphatic heterocycles. The second-order valence-electron chi connectivity index (χ2n) is 8.31. The standard InChI is InChI=1S/C25H25ClN4O4/c1-30(2)24-18(14-22(31)32)23(26)28-21(29-24)13-15-7-10-17(11-8-15)27-25(33)20-12-9-16-5-3-4-6-19(16)34-20/h3-8,10-11,20H,9,12-14H2,1-2H3,(H,27,33)(H,31,32). The summed E-state index contributed by atoms with van der Waals surface area (Å²) in [5, 5.41) is 12.2. The van der Waals surface area contributed by atoms with Gasteiger partial charge in [-0.3, -0.25) is 9.59 Å². The Bertz CT molecular complexity index is 1210. The fraction of sp³-hybridized carbons (Fsp3) is 0.280. The molecule has 0 fully saturated rings. The minimum absolute atomic E-state index is 0.133. The number of nitrogens with one attached hydrogen (secondary N) is 1. The van der Waals surface area contributed by atoms with Crippen molar-refractivity contribution in [1.82, 2.24) is 9.97 Å². The number of fused-ring (bicyclic) bond motifs is 1. The molecule has 0 bridgehead atoms. The monoisotopic (exact) mass is 480 g/mol. The molecule has 9 heteroatoms. The zero-order valence-corrected chi connectivity index (χ0v) is 19.7. The van der Waals surface area contributed by atoms with Crippen LogP contribution < -0.4 is 15.0 Å². The predicted octanol–water partition coefficient (Wildman–Crippen LogP) is 3.75. The topological polar surface area (TPSA) is 105 Å². The smallest absolute Gasteiger partial charge is 0.308 e. The quantitative estimate of drug-likeness (QED) is 0.496. The van der Waals surface area contributed by atoms with Crippen LogP contribution in [0, 0.1) is 0 Å². The van der Waals surface area contributed by atoms with Gasteiger partial charge < -0.3 is 20.1 Å². The summed E-state index contributed by atoms with van der Waals surface area (Å²) >= 11 is 6.28. The first-order valence-electron chi connectivity index (χ1n) is 10.9. The van der Waals surface area contributed by atoms with E-state index in [4.69, 9.17) is 21.4 Å². The Kier molecular flexibility index (Phi) is 6.98. The average molecular weight is 481 g/mol. The fourth-order valence-corrected chi connectivity index (χ4v) is 4.11. The van der Waals surface area contributed by atoms with E-state index < -0.39 is 12.1 Å². The average Bonchev–Trinajstić information content (AvgIpc) is 2.81. The summed E-state index contributed by atoms with van der Waals surface area (Å²) < 4.78 is 5.86. The maximum absolute atomic E-state index is 12.7. The number of nitrogens with zero attached hydrogens (tertiary/aromatic N) is 3. The molecule has 1 amide bonds. The van der Waals surface area contributed by atoms with Crippen LogP contribution in [0.15, 0.2) is 48.5 Å². The summed E-state index contributed by atoms with van der Waals surface area (Å²) in [6, 6.07) is 15.2. The van der Waals surface area contributed by atoms with Gasteiger partial charge in [-0.05, 0) is 42.2 Å². The highest BCUT2D eigenvalue weighted by molar-refractivity contribution is 6.30. The van der Waals surface area contributed by atoms with Crippen molar-refractivity contribution in [1.29, 1.82) is 0 Å². The molecule has 2 N–H and O–H groups in total. The Morgan fingerprint density at radius 1 is 1.15 bits per heavy atom. The Balaban J connectivity index is 1.42. The minimum Gasteiger partial charge on any atom is -0.481 e. The van der Waals surface area contributed by atoms with Crippen molar-refractivity contribution in [2.75, 3.05) is 24.3 Å². The number of carboxylic acids is 1. The number of halogens is 1. The van der Waals surface area contributed by atoms with E-state index >= 15 is 0 Å². The predicted molar refractivity (Wildman–Crippen MR) is 130 cm³/mol. The van der Waals surface area contributed by atoms with E-state index in [1.54, 1.807) is 19.0 Å². The molecule has 4 rings (SSSR count). The van der Waals surface area contributed by atoms with E-state index in [0.717, 1.165) is 23.3 Å². The van der Waals surface area contributed by atoms with Gasteiger partial charge in [0.25, 0.3) is 5.91 Å². The van der Waals surface area contributed by atoms with Gasteiger partial charge in [0, 0.05) is 31.8 Å². The highest BCUT2D eigenvalue weighted by Gasteiger charge is 2.26. The summed E-state index contributed by atoms with van der Waals surface area (Å²) in [5.41, 5.74) is 3.09. The molecular formula is C25H25ClN4O4. The van der Waals surface area contributed by atoms with Gasteiger partial charge in [-0.1, -0.05) is 41.9 Å². The van der Waals surface area contributed by atoms with Crippen molar-refractivity contribution in [3.05, 3.63) is 76.2 Å². The molecule has 0 radical (unpaired) electrons. The van der Waals surface area contributed by atoms with Gasteiger partial charge >= 0.3 is 5.97 Å². The number of anilines is 2. The summed E-state index contributed by atoms with van der Waals surface area (Å²) in [7, 11) is 3.56. The number of rotatable bonds is 7. The van der Waals surface area contributed by atoms with Crippen LogP contribution in [0.4, 0.5) is 11.5 Å². The van der Waals surface area contributed by atoms with Gasteiger partial charge in [-0.25, -0.2) is 9.97 Å². The maximum Gasteiger partial charge on any atom is 0.308 e. The molecule has 3 aromatic rings. The first kappa shape index (κ1) is 23.5. The number of aliphatic carboxylic acids is 1. The fourth-order valence-electron chi connectivity index (χ4n) is 3.86. The molecule has 1 unspecified atom stereocenters. The summed E-state index contributed by atoms with van der Waals surface area (Å²) in [6.45, 7) is 0. The number of hydrogen-bond donors (Lipinski definition) is 2. The number of ether oxygens (including phenoxy) is 1. The Morgan fingerprint density at radius 2 is 1.88 bits per heavy atom. The minimum atomic E-state index is -0.998. The lowest BCUT2D eigenvalue weighted by Gasteiger charge is -2.25. The number of aromatic nitrogens is 2. The molecule has 0 aliphatic carbocycles. The van der Waals surface area contributed by atoms with Gasteiger partial charge in [0.15, 0.2) is 6.10 Å². The molecule has 0 saturated carbocycles. The summed E-state index contributed by atoms with van der Waals surface area (Å²) in [6.07, 6.45) is 1.06. The molecule has 0 saturated heterocycles. The van der Waals surface area contributed by atoms with Crippen LogP contribution in [-0.4, -0.2) is 47.2 Å². The van der Waals surface area contributed by atoms with Crippen LogP contribution in [0.2, 0.25) is 5.15 Å². The van der Waals surface area contributed by atoms with Crippen molar-refractivity contribution < 1.29 is 19.4 Å². The van der Waals surface area contributed by atoms with Gasteiger partial charge in [-0.2, -0.15) is 0 Å². The number of benzene rings is 2. The van der Waals surface area contributed by atoms with Crippen molar-refractivity contribution in [2.45, 2.75) is 31.8 Å². The highest BCUT2D eigenvalue weighted by Crippen LogP contribution is 2.28. The van der Waals surface area contributed by atoms with Crippen LogP contribution in [0.3, 0.4) is 0 Å². The summed E-state index contributed by atoms with van der Waals surface area (Å²) in [4.78, 5) is 34.4. The lowest BCUT2D eigenvalue weighted by atomic mass is 10.0. The Hall–Kier alpha value is -3.65. The Labute approximate surface area is 202 Å². The van der Waals surface area contributed by atoms with Gasteiger partial charge in [0.05, 0.1) is 6.42 Å². The number of carboxylic acid groups (broad SMARTS) is 1. The number of para-hydroxylation sites is 1. The second kappa shape index (κ2) is 10.1. The van der Waals surface area contributed by atoms with Crippen molar-refractivity contribution >= 4 is 35.0 Å². The SMILES string of the molecule is CN(C)c1nc(Cc2ccc(NC(=O)C3CCc4ccccc4O3)cc2)nc(Cl)c1CC(=O)O. The molecule has 2 heterocycles. The first-order chi connectivity index (χ1) is 16.3. The molecule has 1 aliphatic rings. The number of carbonyl (C=O) groups is 2. The molecule has 2 aromatic carbocycles. The van der Waals surface area contributed by atoms with Gasteiger partial charge in [0.2, 0.25) is 0 Å². The van der Waals surface area contributed by atoms with E-state index in [0.29, 0.717) is 35.7 Å². The van der Waals surface area contributed by atoms with Crippen molar-refractivity contribution in [3.8, 4) is 5.75 Å². The molecule has 8 nitrogen and oxygen atoms in total. The zero-order chi connectivity index (χ0) is 24.2. The van der Waals surface area contributed by atoms with E-state index in [2.05, 4.69) is 15.3 Å². The lowest BCUT2D eigenvalue weighted by molar-refractivity contribution is -0.136. The number of carbonyl (C=O) groups excluding carboxylic acids is 1. The van der Waals surface area contributed by atoms with Crippen LogP contribution >= 0.6 is 11.6 Å². The molecule has 34 heavy (non-hydrogen) atoms. The maximum atomic E-state index is 12.7. The van der Waals surface area contributed by atoms with E-state index in [1.165, 1.54) is 0 Å². The molecule has 1 aromatic heterocycles. The van der Waals surface area contributed by atoms with Crippen LogP contribution in [-0.2, 0) is 28.9 Å². The largest absolute Gasteiger partial charge is 0.481 e. The van der Waals surface area contributed by atoms with Crippen LogP contribution in [0.1, 0.15) is 28.9 Å². The Morgan fingerprint density at radius 3 is 2.59 bits per heavy atom. The van der Waals surface area contributed by atoms with E-state index in [9.17, 15) is 9.59 Å². The number of amides is 1. The number of hydrogen-bond acceptors (Lipinski definition) is 6. The third-order valence-corrected chi connectivity index (χ3v) is 5.84. The van der Waals surface area contributed by atoms with E-state index in [1.807, 2.05) is 48.5 Å².